The van der Waals surface area contributed by atoms with Crippen molar-refractivity contribution in [3.8, 4) is 23.0 Å². The van der Waals surface area contributed by atoms with Crippen LogP contribution in [0.4, 0.5) is 68.8 Å². The van der Waals surface area contributed by atoms with Crippen LogP contribution in [0.3, 0.4) is 0 Å². The third-order valence-corrected chi connectivity index (χ3v) is 31.2. The average molecular weight is 1280 g/mol. The molecule has 9 aromatic carbocycles. The lowest BCUT2D eigenvalue weighted by atomic mass is 9.31. The fraction of sp³-hybridized carbons (Fsp3) is 0.238. The molecule has 8 heterocycles. The van der Waals surface area contributed by atoms with Crippen LogP contribution in [-0.4, -0.2) is 39.5 Å². The molecule has 12 heteroatoms. The minimum Gasteiger partial charge on any atom is -0.458 e. The maximum absolute atomic E-state index is 7.73. The molecular formula is C84H78B2N6O2Si2. The van der Waals surface area contributed by atoms with E-state index in [1.807, 2.05) is 0 Å². The molecule has 0 amide bonds. The van der Waals surface area contributed by atoms with Gasteiger partial charge < -0.3 is 9.47 Å². The van der Waals surface area contributed by atoms with Crippen molar-refractivity contribution in [2.24, 2.45) is 0 Å². The Bertz CT molecular complexity index is 4830. The summed E-state index contributed by atoms with van der Waals surface area (Å²) in [7, 11) is -4.30. The lowest BCUT2D eigenvalue weighted by Gasteiger charge is -2.45. The van der Waals surface area contributed by atoms with Crippen molar-refractivity contribution < 1.29 is 9.47 Å². The second kappa shape index (κ2) is 19.7. The average Bonchev–Trinajstić information content (AvgIpc) is 0.695. The highest BCUT2D eigenvalue weighted by Crippen LogP contribution is 2.53. The minimum absolute atomic E-state index is 0.0173. The fourth-order valence-electron chi connectivity index (χ4n) is 18.6. The normalized spacial score (nSPS) is 18.6. The Kier molecular flexibility index (Phi) is 11.9. The van der Waals surface area contributed by atoms with Crippen LogP contribution in [0.1, 0.15) is 103 Å². The number of anilines is 12. The molecular weight excluding hydrogens is 1200 g/mol. The summed E-state index contributed by atoms with van der Waals surface area (Å²) in [6.45, 7) is 28.8. The number of pyridine rings is 2. The zero-order valence-corrected chi connectivity index (χ0v) is 59.1. The van der Waals surface area contributed by atoms with Crippen LogP contribution in [0.25, 0.3) is 0 Å². The van der Waals surface area contributed by atoms with Gasteiger partial charge in [0.15, 0.2) is 0 Å². The summed E-state index contributed by atoms with van der Waals surface area (Å²) in [5, 5.41) is 5.54. The molecule has 0 spiro atoms. The number of rotatable bonds is 4. The topological polar surface area (TPSA) is 57.2 Å². The Balaban J connectivity index is 0.848. The molecule has 0 atom stereocenters. The molecule has 0 fully saturated rings. The van der Waals surface area contributed by atoms with E-state index in [0.717, 1.165) is 117 Å². The summed E-state index contributed by atoms with van der Waals surface area (Å²) in [6, 6.07) is 78.0. The van der Waals surface area contributed by atoms with E-state index in [2.05, 4.69) is 307 Å². The van der Waals surface area contributed by atoms with E-state index in [0.29, 0.717) is 0 Å². The van der Waals surface area contributed by atoms with E-state index in [9.17, 15) is 0 Å². The molecule has 0 unspecified atom stereocenters. The highest BCUT2D eigenvalue weighted by Gasteiger charge is 2.51. The largest absolute Gasteiger partial charge is 0.458 e. The SMILES string of the molecule is CC1(C)CCC(C)(C)c2cc(N3c4ccccc4B4c5cc6c(cc5Oc5cc(N7c8ccccc8[Si](C)(C)c8ccccc87)nc3c54)Oc3cc(N4c5ccccc5[Si](C)(C)c5ccccc54)nc4c3B6c3ccccc3N4c3ccc4c(c3)C(C)(C)CCC4(C)C)ccc21. The standard InChI is InChI=1S/C84H78B2N6O2Si2/c1-81(2)41-43-83(5,6)55-45-51(37-39-53(55)81)89-61-27-15-13-25-57(61)85-59-47-60-68(48-67(59)93-69-49-75(87-79(89)77(69)85)91-63-29-17-21-33-71(63)95(9,10)72-34-22-18-30-64(72)91)94-70-50-76(92-65-31-19-23-35-73(65)96(11,12)74-36-24-20-32-66(74)92)88-80-78(70)86(60)58-26-14-16-28-62(58)90(80)52-38-40-54-56(46-52)84(7,8)44-42-82(54,3)4/h13-40,45-50H,41-44H2,1-12H3. The number of para-hydroxylation sites is 6. The highest BCUT2D eigenvalue weighted by atomic mass is 28.3. The van der Waals surface area contributed by atoms with Crippen molar-refractivity contribution in [2.75, 3.05) is 19.6 Å². The minimum atomic E-state index is -2.15. The van der Waals surface area contributed by atoms with Crippen LogP contribution in [0, 0.1) is 0 Å². The molecule has 11 aromatic rings. The second-order valence-corrected chi connectivity index (χ2v) is 40.9. The lowest BCUT2D eigenvalue weighted by molar-refractivity contribution is 0.332. The maximum Gasteiger partial charge on any atom is 0.258 e. The van der Waals surface area contributed by atoms with Crippen molar-refractivity contribution in [3.63, 3.8) is 0 Å². The molecule has 8 nitrogen and oxygen atoms in total. The predicted octanol–water partition coefficient (Wildman–Crippen LogP) is 15.2. The number of nitrogens with zero attached hydrogens (tertiary/aromatic N) is 6. The fourth-order valence-corrected chi connectivity index (χ4v) is 24.6. The van der Waals surface area contributed by atoms with Crippen molar-refractivity contribution in [1.82, 2.24) is 9.97 Å². The molecule has 6 aliphatic heterocycles. The number of hydrogen-bond acceptors (Lipinski definition) is 8. The van der Waals surface area contributed by atoms with E-state index in [1.54, 1.807) is 0 Å². The van der Waals surface area contributed by atoms with Crippen molar-refractivity contribution in [3.05, 3.63) is 229 Å². The molecule has 96 heavy (non-hydrogen) atoms. The van der Waals surface area contributed by atoms with E-state index >= 15 is 0 Å². The van der Waals surface area contributed by atoms with Gasteiger partial charge in [0.1, 0.15) is 62.4 Å². The number of aromatic nitrogens is 2. The molecule has 0 N–H and O–H groups in total. The van der Waals surface area contributed by atoms with Crippen molar-refractivity contribution >= 4 is 152 Å². The van der Waals surface area contributed by atoms with Crippen LogP contribution < -0.4 is 82.6 Å². The Morgan fingerprint density at radius 1 is 0.323 bits per heavy atom. The lowest BCUT2D eigenvalue weighted by Crippen LogP contribution is -2.63. The first-order valence-electron chi connectivity index (χ1n) is 34.8. The molecule has 2 aliphatic carbocycles. The molecule has 470 valence electrons. The Hall–Kier alpha value is -9.36. The van der Waals surface area contributed by atoms with Gasteiger partial charge in [-0.25, -0.2) is 9.97 Å². The molecule has 8 aliphatic rings. The molecule has 0 radical (unpaired) electrons. The van der Waals surface area contributed by atoms with Gasteiger partial charge in [0.2, 0.25) is 0 Å². The number of fused-ring (bicyclic) bond motifs is 14. The van der Waals surface area contributed by atoms with E-state index in [4.69, 9.17) is 19.4 Å². The summed E-state index contributed by atoms with van der Waals surface area (Å²) in [5.41, 5.74) is 21.5. The quantitative estimate of drug-likeness (QED) is 0.162. The first-order chi connectivity index (χ1) is 46.1. The summed E-state index contributed by atoms with van der Waals surface area (Å²) >= 11 is 0. The van der Waals surface area contributed by atoms with Gasteiger partial charge in [-0.2, -0.15) is 0 Å². The summed E-state index contributed by atoms with van der Waals surface area (Å²) in [4.78, 5) is 21.9. The van der Waals surface area contributed by atoms with Crippen LogP contribution in [0.5, 0.6) is 23.0 Å². The van der Waals surface area contributed by atoms with Crippen molar-refractivity contribution in [2.45, 2.75) is 129 Å². The van der Waals surface area contributed by atoms with Gasteiger partial charge in [0.25, 0.3) is 13.4 Å². The smallest absolute Gasteiger partial charge is 0.258 e. The molecule has 0 bridgehead atoms. The predicted molar refractivity (Wildman–Crippen MR) is 407 cm³/mol. The first kappa shape index (κ1) is 58.0. The highest BCUT2D eigenvalue weighted by molar-refractivity contribution is 7.04. The maximum atomic E-state index is 7.73. The van der Waals surface area contributed by atoms with Crippen LogP contribution >= 0.6 is 0 Å². The van der Waals surface area contributed by atoms with Gasteiger partial charge in [0.05, 0.1) is 0 Å². The van der Waals surface area contributed by atoms with Gasteiger partial charge in [-0.15, -0.1) is 0 Å². The van der Waals surface area contributed by atoms with E-state index < -0.39 is 16.1 Å². The zero-order chi connectivity index (χ0) is 65.5. The first-order valence-corrected chi connectivity index (χ1v) is 40.8. The number of hydrogen-bond donors (Lipinski definition) is 0. The summed E-state index contributed by atoms with van der Waals surface area (Å²) < 4.78 is 15.5. The zero-order valence-electron chi connectivity index (χ0n) is 57.1. The summed E-state index contributed by atoms with van der Waals surface area (Å²) in [5.74, 6) is 6.52. The molecule has 0 saturated carbocycles. The Morgan fingerprint density at radius 2 is 0.646 bits per heavy atom. The molecule has 2 aromatic heterocycles. The Morgan fingerprint density at radius 3 is 1.01 bits per heavy atom. The number of benzene rings is 9. The molecule has 19 rings (SSSR count). The van der Waals surface area contributed by atoms with Gasteiger partial charge in [-0.1, -0.05) is 209 Å². The number of ether oxygens (including phenoxy) is 2. The molecule has 0 saturated heterocycles. The van der Waals surface area contributed by atoms with Crippen LogP contribution in [-0.2, 0) is 21.7 Å². The Labute approximate surface area is 567 Å². The van der Waals surface area contributed by atoms with Crippen molar-refractivity contribution in [1.29, 1.82) is 0 Å². The van der Waals surface area contributed by atoms with Crippen LogP contribution in [0.2, 0.25) is 26.2 Å². The van der Waals surface area contributed by atoms with Gasteiger partial charge in [-0.3, -0.25) is 19.6 Å². The van der Waals surface area contributed by atoms with Gasteiger partial charge in [-0.05, 0) is 173 Å². The third-order valence-electron chi connectivity index (χ3n) is 24.1. The second-order valence-electron chi connectivity index (χ2n) is 32.2. The van der Waals surface area contributed by atoms with Crippen LogP contribution in [0.15, 0.2) is 206 Å². The third kappa shape index (κ3) is 7.97. The van der Waals surface area contributed by atoms with Gasteiger partial charge >= 0.3 is 0 Å². The van der Waals surface area contributed by atoms with E-state index in [1.165, 1.54) is 76.7 Å². The van der Waals surface area contributed by atoms with Gasteiger partial charge in [0, 0.05) is 74.6 Å². The van der Waals surface area contributed by atoms with E-state index in [-0.39, 0.29) is 35.1 Å². The summed E-state index contributed by atoms with van der Waals surface area (Å²) in [6.07, 6.45) is 4.52. The monoisotopic (exact) mass is 1280 g/mol.